The Kier molecular flexibility index (Phi) is 3.72. The van der Waals surface area contributed by atoms with Gasteiger partial charge in [-0.25, -0.2) is 10.1 Å². The van der Waals surface area contributed by atoms with Crippen LogP contribution in [-0.2, 0) is 12.7 Å². The second-order valence-corrected chi connectivity index (χ2v) is 4.06. The molecular formula is C10H10F3N5O2. The van der Waals surface area contributed by atoms with E-state index in [1.54, 1.807) is 4.90 Å². The fourth-order valence-corrected chi connectivity index (χ4v) is 1.76. The van der Waals surface area contributed by atoms with E-state index in [1.165, 1.54) is 6.07 Å². The Bertz CT molecular complexity index is 529. The van der Waals surface area contributed by atoms with Crippen molar-refractivity contribution in [2.45, 2.75) is 12.7 Å². The van der Waals surface area contributed by atoms with E-state index < -0.39 is 16.9 Å². The molecule has 108 valence electrons. The van der Waals surface area contributed by atoms with E-state index in [2.05, 4.69) is 15.4 Å². The SMILES string of the molecule is O=[N+]([O-])/N=C1\NCCN1Cc1ccc(C(F)(F)F)nc1. The van der Waals surface area contributed by atoms with Crippen LogP contribution >= 0.6 is 0 Å². The molecule has 2 rings (SSSR count). The molecule has 0 spiro atoms. The minimum Gasteiger partial charge on any atom is -0.349 e. The first kappa shape index (κ1) is 14.0. The molecule has 1 fully saturated rings. The number of hydrogen-bond donors (Lipinski definition) is 1. The first-order valence-electron chi connectivity index (χ1n) is 5.60. The second kappa shape index (κ2) is 5.31. The van der Waals surface area contributed by atoms with Crippen molar-refractivity contribution in [3.05, 3.63) is 39.7 Å². The molecule has 0 unspecified atom stereocenters. The van der Waals surface area contributed by atoms with Gasteiger partial charge in [-0.1, -0.05) is 6.07 Å². The molecule has 2 heterocycles. The molecular weight excluding hydrogens is 279 g/mol. The topological polar surface area (TPSA) is 83.7 Å². The van der Waals surface area contributed by atoms with Crippen LogP contribution < -0.4 is 5.32 Å². The summed E-state index contributed by atoms with van der Waals surface area (Å²) >= 11 is 0. The van der Waals surface area contributed by atoms with Gasteiger partial charge in [0.1, 0.15) is 10.8 Å². The fraction of sp³-hybridized carbons (Fsp3) is 0.400. The van der Waals surface area contributed by atoms with E-state index in [1.807, 2.05) is 0 Å². The molecule has 0 bridgehead atoms. The third kappa shape index (κ3) is 3.33. The summed E-state index contributed by atoms with van der Waals surface area (Å²) in [6, 6.07) is 2.17. The lowest BCUT2D eigenvalue weighted by atomic mass is 10.2. The molecule has 0 aromatic carbocycles. The molecule has 0 aliphatic carbocycles. The van der Waals surface area contributed by atoms with Gasteiger partial charge in [0.25, 0.3) is 5.96 Å². The standard InChI is InChI=1S/C10H10F3N5O2/c11-10(12,13)8-2-1-7(5-15-8)6-17-4-3-14-9(17)16-18(19)20/h1-2,5H,3-4,6H2,(H,14,16). The molecule has 1 saturated heterocycles. The number of alkyl halides is 3. The van der Waals surface area contributed by atoms with Crippen LogP contribution in [-0.4, -0.2) is 34.0 Å². The van der Waals surface area contributed by atoms with Gasteiger partial charge in [0, 0.05) is 25.8 Å². The predicted molar refractivity (Wildman–Crippen MR) is 62.1 cm³/mol. The third-order valence-electron chi connectivity index (χ3n) is 2.63. The fourth-order valence-electron chi connectivity index (χ4n) is 1.76. The first-order valence-corrected chi connectivity index (χ1v) is 5.60. The first-order chi connectivity index (χ1) is 9.36. The number of hydrogen-bond acceptors (Lipinski definition) is 3. The number of aromatic nitrogens is 1. The van der Waals surface area contributed by atoms with Crippen LogP contribution in [0.3, 0.4) is 0 Å². The van der Waals surface area contributed by atoms with E-state index in [0.717, 1.165) is 12.3 Å². The molecule has 0 amide bonds. The normalized spacial score (nSPS) is 17.4. The van der Waals surface area contributed by atoms with Gasteiger partial charge in [0.2, 0.25) is 0 Å². The Hall–Kier alpha value is -2.39. The molecule has 0 radical (unpaired) electrons. The number of guanidine groups is 1. The average Bonchev–Trinajstić information content (AvgIpc) is 2.75. The van der Waals surface area contributed by atoms with Crippen molar-refractivity contribution in [3.8, 4) is 0 Å². The summed E-state index contributed by atoms with van der Waals surface area (Å²) < 4.78 is 37.1. The van der Waals surface area contributed by atoms with Crippen LogP contribution in [0, 0.1) is 10.1 Å². The van der Waals surface area contributed by atoms with Crippen LogP contribution in [0.25, 0.3) is 0 Å². The van der Waals surface area contributed by atoms with Gasteiger partial charge in [0.15, 0.2) is 5.03 Å². The van der Waals surface area contributed by atoms with E-state index in [-0.39, 0.29) is 12.5 Å². The maximum Gasteiger partial charge on any atom is 0.433 e. The molecule has 0 saturated carbocycles. The Morgan fingerprint density at radius 1 is 1.50 bits per heavy atom. The molecule has 7 nitrogen and oxygen atoms in total. The lowest BCUT2D eigenvalue weighted by Crippen LogP contribution is -2.30. The summed E-state index contributed by atoms with van der Waals surface area (Å²) in [5, 5.41) is 15.4. The van der Waals surface area contributed by atoms with E-state index >= 15 is 0 Å². The number of nitrogens with one attached hydrogen (secondary N) is 1. The quantitative estimate of drug-likeness (QED) is 0.664. The molecule has 0 atom stereocenters. The summed E-state index contributed by atoms with van der Waals surface area (Å²) in [5.41, 5.74) is -0.460. The second-order valence-electron chi connectivity index (χ2n) is 4.06. The van der Waals surface area contributed by atoms with Crippen LogP contribution in [0.2, 0.25) is 0 Å². The highest BCUT2D eigenvalue weighted by atomic mass is 19.4. The smallest absolute Gasteiger partial charge is 0.349 e. The predicted octanol–water partition coefficient (Wildman–Crippen LogP) is 1.05. The number of nitro groups is 1. The van der Waals surface area contributed by atoms with Crippen molar-refractivity contribution in [3.63, 3.8) is 0 Å². The van der Waals surface area contributed by atoms with E-state index in [0.29, 0.717) is 18.7 Å². The van der Waals surface area contributed by atoms with Crippen molar-refractivity contribution < 1.29 is 18.2 Å². The van der Waals surface area contributed by atoms with Gasteiger partial charge >= 0.3 is 6.18 Å². The van der Waals surface area contributed by atoms with E-state index in [4.69, 9.17) is 0 Å². The zero-order valence-electron chi connectivity index (χ0n) is 10.1. The van der Waals surface area contributed by atoms with Crippen molar-refractivity contribution in [2.75, 3.05) is 13.1 Å². The van der Waals surface area contributed by atoms with Crippen molar-refractivity contribution in [2.24, 2.45) is 5.10 Å². The number of rotatable bonds is 3. The number of hydrazone groups is 1. The Morgan fingerprint density at radius 2 is 2.25 bits per heavy atom. The minimum absolute atomic E-state index is 0.0925. The number of halogens is 3. The minimum atomic E-state index is -4.48. The molecule has 1 aromatic rings. The maximum absolute atomic E-state index is 12.4. The number of pyridine rings is 1. The van der Waals surface area contributed by atoms with Gasteiger partial charge in [-0.2, -0.15) is 13.2 Å². The molecule has 1 aliphatic heterocycles. The van der Waals surface area contributed by atoms with Gasteiger partial charge < -0.3 is 10.2 Å². The Balaban J connectivity index is 2.08. The lowest BCUT2D eigenvalue weighted by molar-refractivity contribution is -0.485. The van der Waals surface area contributed by atoms with Gasteiger partial charge in [-0.05, 0) is 11.6 Å². The summed E-state index contributed by atoms with van der Waals surface area (Å²) in [4.78, 5) is 15.2. The highest BCUT2D eigenvalue weighted by molar-refractivity contribution is 5.81. The summed E-state index contributed by atoms with van der Waals surface area (Å²) in [6.45, 7) is 1.17. The average molecular weight is 289 g/mol. The molecule has 20 heavy (non-hydrogen) atoms. The van der Waals surface area contributed by atoms with Crippen LogP contribution in [0.4, 0.5) is 13.2 Å². The zero-order valence-corrected chi connectivity index (χ0v) is 10.1. The van der Waals surface area contributed by atoms with Crippen molar-refractivity contribution >= 4 is 5.96 Å². The van der Waals surface area contributed by atoms with Crippen LogP contribution in [0.15, 0.2) is 23.4 Å². The van der Waals surface area contributed by atoms with Crippen LogP contribution in [0.5, 0.6) is 0 Å². The van der Waals surface area contributed by atoms with Crippen LogP contribution in [0.1, 0.15) is 11.3 Å². The lowest BCUT2D eigenvalue weighted by Gasteiger charge is -2.15. The summed E-state index contributed by atoms with van der Waals surface area (Å²) in [6.07, 6.45) is -3.38. The molecule has 1 aromatic heterocycles. The summed E-state index contributed by atoms with van der Waals surface area (Å²) in [5.74, 6) is 0.0925. The van der Waals surface area contributed by atoms with E-state index in [9.17, 15) is 23.3 Å². The zero-order chi connectivity index (χ0) is 14.8. The highest BCUT2D eigenvalue weighted by Crippen LogP contribution is 2.27. The molecule has 1 N–H and O–H groups in total. The Morgan fingerprint density at radius 3 is 2.80 bits per heavy atom. The monoisotopic (exact) mass is 289 g/mol. The molecule has 1 aliphatic rings. The Labute approximate surface area is 111 Å². The van der Waals surface area contributed by atoms with Crippen molar-refractivity contribution in [1.82, 2.24) is 15.2 Å². The molecule has 10 heteroatoms. The maximum atomic E-state index is 12.4. The summed E-state index contributed by atoms with van der Waals surface area (Å²) in [7, 11) is 0. The number of nitrogens with zero attached hydrogens (tertiary/aromatic N) is 4. The largest absolute Gasteiger partial charge is 0.433 e. The highest BCUT2D eigenvalue weighted by Gasteiger charge is 2.32. The third-order valence-corrected chi connectivity index (χ3v) is 2.63. The van der Waals surface area contributed by atoms with Gasteiger partial charge in [0.05, 0.1) is 0 Å². The van der Waals surface area contributed by atoms with Crippen molar-refractivity contribution in [1.29, 1.82) is 0 Å². The van der Waals surface area contributed by atoms with Gasteiger partial charge in [-0.3, -0.25) is 4.98 Å². The van der Waals surface area contributed by atoms with Gasteiger partial charge in [-0.15, -0.1) is 0 Å².